The fraction of sp³-hybridized carbons (Fsp3) is 0.273. The molecule has 1 atom stereocenters. The van der Waals surface area contributed by atoms with Crippen LogP contribution in [0.25, 0.3) is 0 Å². The highest BCUT2D eigenvalue weighted by Gasteiger charge is 2.13. The number of rotatable bonds is 3. The molecule has 15 heavy (non-hydrogen) atoms. The number of carbonyl (C=O) groups is 1. The van der Waals surface area contributed by atoms with Crippen LogP contribution in [0, 0.1) is 11.3 Å². The zero-order chi connectivity index (χ0) is 11.4. The van der Waals surface area contributed by atoms with Gasteiger partial charge in [0.25, 0.3) is 0 Å². The molecule has 0 saturated heterocycles. The van der Waals surface area contributed by atoms with Crippen molar-refractivity contribution in [1.29, 1.82) is 5.26 Å². The highest BCUT2D eigenvalue weighted by molar-refractivity contribution is 5.81. The molecule has 1 rings (SSSR count). The van der Waals surface area contributed by atoms with Crippen LogP contribution in [0.1, 0.15) is 24.0 Å². The molecule has 0 saturated carbocycles. The maximum atomic E-state index is 11.0. The van der Waals surface area contributed by atoms with Crippen LogP contribution in [0.4, 0.5) is 0 Å². The van der Waals surface area contributed by atoms with Gasteiger partial charge in [-0.25, -0.2) is 0 Å². The van der Waals surface area contributed by atoms with Crippen LogP contribution in [-0.2, 0) is 4.79 Å². The predicted molar refractivity (Wildman–Crippen MR) is 55.3 cm³/mol. The first kappa shape index (κ1) is 11.1. The minimum atomic E-state index is -0.401. The van der Waals surface area contributed by atoms with Crippen molar-refractivity contribution in [2.75, 3.05) is 7.11 Å². The molecular weight excluding hydrogens is 192 g/mol. The van der Waals surface area contributed by atoms with Crippen molar-refractivity contribution in [1.82, 2.24) is 0 Å². The van der Waals surface area contributed by atoms with Crippen molar-refractivity contribution in [3.05, 3.63) is 29.3 Å². The van der Waals surface area contributed by atoms with Gasteiger partial charge in [0.2, 0.25) is 5.91 Å². The fourth-order valence-electron chi connectivity index (χ4n) is 1.23. The molecule has 0 aliphatic heterocycles. The van der Waals surface area contributed by atoms with E-state index < -0.39 is 5.91 Å². The van der Waals surface area contributed by atoms with Crippen LogP contribution in [0.5, 0.6) is 5.75 Å². The Morgan fingerprint density at radius 1 is 1.60 bits per heavy atom. The molecule has 4 heteroatoms. The van der Waals surface area contributed by atoms with E-state index in [-0.39, 0.29) is 5.92 Å². The Labute approximate surface area is 88.3 Å². The quantitative estimate of drug-likeness (QED) is 0.802. The second-order valence-electron chi connectivity index (χ2n) is 3.20. The number of hydrogen-bond donors (Lipinski definition) is 1. The molecule has 0 spiro atoms. The average molecular weight is 204 g/mol. The third-order valence-corrected chi connectivity index (χ3v) is 2.27. The molecule has 0 aliphatic carbocycles. The summed E-state index contributed by atoms with van der Waals surface area (Å²) in [5, 5.41) is 8.77. The second kappa shape index (κ2) is 4.47. The molecule has 1 amide bonds. The molecule has 1 unspecified atom stereocenters. The van der Waals surface area contributed by atoms with E-state index in [1.54, 1.807) is 25.1 Å². The monoisotopic (exact) mass is 204 g/mol. The largest absolute Gasteiger partial charge is 0.495 e. The lowest BCUT2D eigenvalue weighted by molar-refractivity contribution is -0.119. The average Bonchev–Trinajstić information content (AvgIpc) is 2.26. The Morgan fingerprint density at radius 2 is 2.27 bits per heavy atom. The second-order valence-corrected chi connectivity index (χ2v) is 3.20. The van der Waals surface area contributed by atoms with Gasteiger partial charge in [0.15, 0.2) is 0 Å². The Bertz CT molecular complexity index is 421. The van der Waals surface area contributed by atoms with E-state index in [4.69, 9.17) is 15.7 Å². The van der Waals surface area contributed by atoms with Crippen molar-refractivity contribution in [2.24, 2.45) is 5.73 Å². The molecule has 2 N–H and O–H groups in total. The summed E-state index contributed by atoms with van der Waals surface area (Å²) in [4.78, 5) is 11.0. The van der Waals surface area contributed by atoms with E-state index in [2.05, 4.69) is 0 Å². The summed E-state index contributed by atoms with van der Waals surface area (Å²) in [5.41, 5.74) is 6.38. The van der Waals surface area contributed by atoms with Crippen LogP contribution in [0.15, 0.2) is 18.2 Å². The van der Waals surface area contributed by atoms with E-state index in [0.29, 0.717) is 11.3 Å². The number of hydrogen-bond acceptors (Lipinski definition) is 3. The van der Waals surface area contributed by atoms with Gasteiger partial charge in [0.05, 0.1) is 18.6 Å². The van der Waals surface area contributed by atoms with Gasteiger partial charge in [-0.15, -0.1) is 0 Å². The van der Waals surface area contributed by atoms with E-state index in [0.717, 1.165) is 5.56 Å². The zero-order valence-corrected chi connectivity index (χ0v) is 8.65. The summed E-state index contributed by atoms with van der Waals surface area (Å²) in [7, 11) is 1.48. The molecule has 4 nitrogen and oxygen atoms in total. The molecule has 1 aromatic rings. The number of nitriles is 1. The topological polar surface area (TPSA) is 76.1 Å². The molecular formula is C11H12N2O2. The predicted octanol–water partition coefficient (Wildman–Crippen LogP) is 1.16. The Morgan fingerprint density at radius 3 is 2.73 bits per heavy atom. The van der Waals surface area contributed by atoms with Crippen molar-refractivity contribution in [3.63, 3.8) is 0 Å². The molecule has 0 fully saturated rings. The summed E-state index contributed by atoms with van der Waals surface area (Å²) in [6, 6.07) is 6.98. The lowest BCUT2D eigenvalue weighted by Gasteiger charge is -2.10. The summed E-state index contributed by atoms with van der Waals surface area (Å²) < 4.78 is 5.03. The van der Waals surface area contributed by atoms with Crippen molar-refractivity contribution in [2.45, 2.75) is 12.8 Å². The van der Waals surface area contributed by atoms with E-state index in [9.17, 15) is 4.79 Å². The summed E-state index contributed by atoms with van der Waals surface area (Å²) in [6.45, 7) is 1.71. The van der Waals surface area contributed by atoms with Crippen molar-refractivity contribution >= 4 is 5.91 Å². The third kappa shape index (κ3) is 2.26. The van der Waals surface area contributed by atoms with Gasteiger partial charge >= 0.3 is 0 Å². The number of methoxy groups -OCH3 is 1. The van der Waals surface area contributed by atoms with Crippen molar-refractivity contribution in [3.8, 4) is 11.8 Å². The number of primary amides is 1. The Balaban J connectivity index is 3.15. The van der Waals surface area contributed by atoms with Crippen LogP contribution in [0.2, 0.25) is 0 Å². The zero-order valence-electron chi connectivity index (χ0n) is 8.65. The Hall–Kier alpha value is -2.02. The highest BCUT2D eigenvalue weighted by atomic mass is 16.5. The summed E-state index contributed by atoms with van der Waals surface area (Å²) in [5.74, 6) is -0.323. The van der Waals surface area contributed by atoms with Gasteiger partial charge in [-0.2, -0.15) is 5.26 Å². The van der Waals surface area contributed by atoms with Gasteiger partial charge in [0.1, 0.15) is 11.8 Å². The summed E-state index contributed by atoms with van der Waals surface area (Å²) >= 11 is 0. The number of nitrogens with zero attached hydrogens (tertiary/aromatic N) is 1. The lowest BCUT2D eigenvalue weighted by Crippen LogP contribution is -2.18. The molecule has 0 radical (unpaired) electrons. The Kier molecular flexibility index (Phi) is 3.29. The highest BCUT2D eigenvalue weighted by Crippen LogP contribution is 2.24. The number of amides is 1. The van der Waals surface area contributed by atoms with Gasteiger partial charge in [0, 0.05) is 0 Å². The van der Waals surface area contributed by atoms with E-state index >= 15 is 0 Å². The van der Waals surface area contributed by atoms with Crippen LogP contribution >= 0.6 is 0 Å². The fourth-order valence-corrected chi connectivity index (χ4v) is 1.23. The first-order chi connectivity index (χ1) is 7.10. The summed E-state index contributed by atoms with van der Waals surface area (Å²) in [6.07, 6.45) is 0. The SMILES string of the molecule is COc1cc(C(C)C(N)=O)ccc1C#N. The first-order valence-corrected chi connectivity index (χ1v) is 4.47. The first-order valence-electron chi connectivity index (χ1n) is 4.47. The van der Waals surface area contributed by atoms with E-state index in [1.807, 2.05) is 6.07 Å². The van der Waals surface area contributed by atoms with Crippen LogP contribution in [0.3, 0.4) is 0 Å². The molecule has 0 aromatic heterocycles. The minimum absolute atomic E-state index is 0.383. The number of ether oxygens (including phenoxy) is 1. The molecule has 0 bridgehead atoms. The van der Waals surface area contributed by atoms with Gasteiger partial charge in [-0.1, -0.05) is 6.07 Å². The number of nitrogens with two attached hydrogens (primary N) is 1. The molecule has 1 aromatic carbocycles. The van der Waals surface area contributed by atoms with Gasteiger partial charge < -0.3 is 10.5 Å². The minimum Gasteiger partial charge on any atom is -0.495 e. The van der Waals surface area contributed by atoms with Crippen molar-refractivity contribution < 1.29 is 9.53 Å². The standard InChI is InChI=1S/C11H12N2O2/c1-7(11(13)14)8-3-4-9(6-12)10(5-8)15-2/h3-5,7H,1-2H3,(H2,13,14). The maximum Gasteiger partial charge on any atom is 0.224 e. The molecule has 0 aliphatic rings. The number of benzene rings is 1. The molecule has 0 heterocycles. The van der Waals surface area contributed by atoms with Crippen LogP contribution < -0.4 is 10.5 Å². The van der Waals surface area contributed by atoms with Gasteiger partial charge in [-0.05, 0) is 24.6 Å². The number of carbonyl (C=O) groups excluding carboxylic acids is 1. The molecule has 78 valence electrons. The normalized spacial score (nSPS) is 11.5. The third-order valence-electron chi connectivity index (χ3n) is 2.27. The smallest absolute Gasteiger partial charge is 0.224 e. The van der Waals surface area contributed by atoms with Crippen LogP contribution in [-0.4, -0.2) is 13.0 Å². The van der Waals surface area contributed by atoms with Gasteiger partial charge in [-0.3, -0.25) is 4.79 Å². The maximum absolute atomic E-state index is 11.0. The van der Waals surface area contributed by atoms with E-state index in [1.165, 1.54) is 7.11 Å². The lowest BCUT2D eigenvalue weighted by atomic mass is 9.99.